The molecule has 0 bridgehead atoms. The van der Waals surface area contributed by atoms with Crippen LogP contribution >= 0.6 is 0 Å². The third kappa shape index (κ3) is 5.53. The summed E-state index contributed by atoms with van der Waals surface area (Å²) >= 11 is 0. The summed E-state index contributed by atoms with van der Waals surface area (Å²) in [6, 6.07) is 14.6. The maximum atomic E-state index is 12.3. The first-order valence-corrected chi connectivity index (χ1v) is 13.4. The van der Waals surface area contributed by atoms with Crippen LogP contribution in [0.3, 0.4) is 0 Å². The SMILES string of the molecule is [C-]#[N+]c1cnc(Nc2ccc(N3CCS(=C)(=O)CC3)cc2OC)cc1Nc1ccccc1C(=O)NC. The number of benzene rings is 2. The largest absolute Gasteiger partial charge is 0.494 e. The molecule has 0 radical (unpaired) electrons. The van der Waals surface area contributed by atoms with Gasteiger partial charge in [0.05, 0.1) is 30.6 Å². The van der Waals surface area contributed by atoms with Crippen molar-refractivity contribution in [1.82, 2.24) is 10.3 Å². The number of para-hydroxylation sites is 1. The number of carbonyl (C=O) groups excluding carboxylic acids is 1. The van der Waals surface area contributed by atoms with Gasteiger partial charge in [0.1, 0.15) is 11.6 Å². The van der Waals surface area contributed by atoms with Crippen LogP contribution in [0.5, 0.6) is 5.75 Å². The minimum Gasteiger partial charge on any atom is -0.494 e. The van der Waals surface area contributed by atoms with E-state index in [1.807, 2.05) is 24.3 Å². The van der Waals surface area contributed by atoms with Gasteiger partial charge in [0.25, 0.3) is 5.91 Å². The van der Waals surface area contributed by atoms with Crippen LogP contribution < -0.4 is 25.6 Å². The predicted molar refractivity (Wildman–Crippen MR) is 147 cm³/mol. The van der Waals surface area contributed by atoms with Gasteiger partial charge < -0.3 is 25.6 Å². The lowest BCUT2D eigenvalue weighted by molar-refractivity contribution is 0.0964. The third-order valence-electron chi connectivity index (χ3n) is 5.95. The number of amides is 1. The van der Waals surface area contributed by atoms with E-state index < -0.39 is 9.52 Å². The summed E-state index contributed by atoms with van der Waals surface area (Å²) in [6.45, 7) is 8.89. The Morgan fingerprint density at radius 3 is 2.56 bits per heavy atom. The van der Waals surface area contributed by atoms with Crippen molar-refractivity contribution >= 4 is 55.6 Å². The first kappa shape index (κ1) is 24.9. The number of nitrogens with one attached hydrogen (secondary N) is 3. The van der Waals surface area contributed by atoms with Crippen LogP contribution in [0.1, 0.15) is 10.4 Å². The molecule has 0 aliphatic carbocycles. The molecule has 36 heavy (non-hydrogen) atoms. The number of aromatic nitrogens is 1. The van der Waals surface area contributed by atoms with E-state index in [2.05, 4.69) is 36.5 Å². The molecule has 9 nitrogen and oxygen atoms in total. The number of pyridine rings is 1. The van der Waals surface area contributed by atoms with Crippen molar-refractivity contribution in [3.63, 3.8) is 0 Å². The summed E-state index contributed by atoms with van der Waals surface area (Å²) in [5, 5.41) is 9.09. The highest BCUT2D eigenvalue weighted by Crippen LogP contribution is 2.35. The van der Waals surface area contributed by atoms with Gasteiger partial charge >= 0.3 is 0 Å². The van der Waals surface area contributed by atoms with Crippen molar-refractivity contribution in [2.24, 2.45) is 0 Å². The normalized spacial score (nSPS) is 14.4. The molecule has 0 spiro atoms. The van der Waals surface area contributed by atoms with E-state index in [0.29, 0.717) is 64.5 Å². The number of anilines is 5. The van der Waals surface area contributed by atoms with Gasteiger partial charge in [0.15, 0.2) is 0 Å². The summed E-state index contributed by atoms with van der Waals surface area (Å²) in [4.78, 5) is 22.4. The van der Waals surface area contributed by atoms with Gasteiger partial charge in [-0.05, 0) is 45.7 Å². The van der Waals surface area contributed by atoms with E-state index in [1.165, 1.54) is 6.20 Å². The van der Waals surface area contributed by atoms with E-state index in [4.69, 9.17) is 11.3 Å². The molecule has 186 valence electrons. The summed E-state index contributed by atoms with van der Waals surface area (Å²) < 4.78 is 17.8. The fraction of sp³-hybridized carbons (Fsp3) is 0.231. The molecule has 1 aromatic heterocycles. The second kappa shape index (κ2) is 10.6. The van der Waals surface area contributed by atoms with Crippen molar-refractivity contribution in [3.05, 3.63) is 71.7 Å². The topological polar surface area (TPSA) is 100.0 Å². The van der Waals surface area contributed by atoms with Gasteiger partial charge in [-0.1, -0.05) is 12.1 Å². The molecule has 10 heteroatoms. The van der Waals surface area contributed by atoms with Gasteiger partial charge in [-0.3, -0.25) is 14.0 Å². The molecule has 1 aliphatic heterocycles. The Bertz CT molecular complexity index is 1420. The van der Waals surface area contributed by atoms with Gasteiger partial charge in [0.2, 0.25) is 5.69 Å². The van der Waals surface area contributed by atoms with Crippen LogP contribution in [0.4, 0.5) is 34.3 Å². The third-order valence-corrected chi connectivity index (χ3v) is 7.80. The molecule has 3 N–H and O–H groups in total. The van der Waals surface area contributed by atoms with Crippen molar-refractivity contribution in [1.29, 1.82) is 0 Å². The van der Waals surface area contributed by atoms with Gasteiger partial charge in [0, 0.05) is 55.3 Å². The number of rotatable bonds is 7. The Labute approximate surface area is 211 Å². The first-order chi connectivity index (χ1) is 17.3. The van der Waals surface area contributed by atoms with Crippen molar-refractivity contribution in [2.75, 3.05) is 54.3 Å². The number of nitrogens with zero attached hydrogens (tertiary/aromatic N) is 3. The summed E-state index contributed by atoms with van der Waals surface area (Å²) in [5.74, 6) is 5.88. The Morgan fingerprint density at radius 2 is 1.86 bits per heavy atom. The van der Waals surface area contributed by atoms with Gasteiger partial charge in [-0.25, -0.2) is 4.85 Å². The highest BCUT2D eigenvalue weighted by Gasteiger charge is 2.19. The maximum Gasteiger partial charge on any atom is 0.253 e. The van der Waals surface area contributed by atoms with E-state index in [1.54, 1.807) is 38.4 Å². The van der Waals surface area contributed by atoms with Crippen LogP contribution in [0.2, 0.25) is 0 Å². The highest BCUT2D eigenvalue weighted by molar-refractivity contribution is 8.00. The Balaban J connectivity index is 1.59. The van der Waals surface area contributed by atoms with Gasteiger partial charge in [-0.2, -0.15) is 0 Å². The van der Waals surface area contributed by atoms with Crippen LogP contribution in [-0.2, 0) is 9.52 Å². The summed E-state index contributed by atoms with van der Waals surface area (Å²) in [6.07, 6.45) is 1.48. The van der Waals surface area contributed by atoms with E-state index in [-0.39, 0.29) is 5.91 Å². The number of hydrogen-bond acceptors (Lipinski definition) is 7. The quantitative estimate of drug-likeness (QED) is 0.330. The smallest absolute Gasteiger partial charge is 0.253 e. The fourth-order valence-electron chi connectivity index (χ4n) is 3.92. The molecule has 3 aromatic rings. The fourth-order valence-corrected chi connectivity index (χ4v) is 5.23. The van der Waals surface area contributed by atoms with E-state index >= 15 is 0 Å². The lowest BCUT2D eigenvalue weighted by Gasteiger charge is -2.31. The predicted octanol–water partition coefficient (Wildman–Crippen LogP) is 4.02. The van der Waals surface area contributed by atoms with Crippen LogP contribution in [0.15, 0.2) is 54.7 Å². The standard InChI is InChI=1S/C26H28N6O3S/c1-27-23-17-29-25(16-22(23)30-20-8-6-5-7-19(20)26(33)28-2)31-21-10-9-18(15-24(21)35-3)32-11-13-36(4,34)14-12-32/h5-10,15-17H,4,11-14H2,2-3H3,(H,28,33)(H2,29,30,31). The van der Waals surface area contributed by atoms with Crippen molar-refractivity contribution in [2.45, 2.75) is 0 Å². The zero-order valence-electron chi connectivity index (χ0n) is 20.2. The molecule has 1 saturated heterocycles. The lowest BCUT2D eigenvalue weighted by atomic mass is 10.1. The minimum atomic E-state index is -1.97. The van der Waals surface area contributed by atoms with Crippen LogP contribution in [0.25, 0.3) is 4.85 Å². The highest BCUT2D eigenvalue weighted by atomic mass is 32.2. The molecule has 1 aliphatic rings. The number of hydrogen-bond donors (Lipinski definition) is 3. The molecule has 2 aromatic carbocycles. The average molecular weight is 505 g/mol. The lowest BCUT2D eigenvalue weighted by Crippen LogP contribution is -2.40. The number of methoxy groups -OCH3 is 1. The number of carbonyl (C=O) groups is 1. The number of ether oxygens (including phenoxy) is 1. The zero-order chi connectivity index (χ0) is 25.7. The molecule has 1 amide bonds. The van der Waals surface area contributed by atoms with Crippen molar-refractivity contribution < 1.29 is 13.7 Å². The molecule has 0 atom stereocenters. The van der Waals surface area contributed by atoms with E-state index in [9.17, 15) is 9.00 Å². The Morgan fingerprint density at radius 1 is 1.11 bits per heavy atom. The maximum absolute atomic E-state index is 12.3. The molecular formula is C26H28N6O3S. The van der Waals surface area contributed by atoms with E-state index in [0.717, 1.165) is 5.69 Å². The molecular weight excluding hydrogens is 476 g/mol. The second-order valence-corrected chi connectivity index (χ2v) is 11.1. The molecule has 2 heterocycles. The van der Waals surface area contributed by atoms with Crippen LogP contribution in [0, 0.1) is 6.57 Å². The Hall–Kier alpha value is -4.23. The zero-order valence-corrected chi connectivity index (χ0v) is 21.0. The minimum absolute atomic E-state index is 0.231. The summed E-state index contributed by atoms with van der Waals surface area (Å²) in [5.41, 5.74) is 3.57. The Kier molecular flexibility index (Phi) is 7.31. The van der Waals surface area contributed by atoms with Gasteiger partial charge in [-0.15, -0.1) is 0 Å². The first-order valence-electron chi connectivity index (χ1n) is 11.3. The average Bonchev–Trinajstić information content (AvgIpc) is 2.89. The molecule has 0 saturated carbocycles. The molecule has 0 unspecified atom stereocenters. The molecule has 1 fully saturated rings. The molecule has 4 rings (SSSR count). The van der Waals surface area contributed by atoms with Crippen LogP contribution in [-0.4, -0.2) is 59.7 Å². The summed E-state index contributed by atoms with van der Waals surface area (Å²) in [7, 11) is 1.20. The second-order valence-electron chi connectivity index (χ2n) is 8.32. The van der Waals surface area contributed by atoms with Crippen molar-refractivity contribution in [3.8, 4) is 5.75 Å². The monoisotopic (exact) mass is 504 g/mol.